The molecule has 3 N–H and O–H groups in total. The van der Waals surface area contributed by atoms with Crippen LogP contribution in [0.15, 0.2) is 24.3 Å². The van der Waals surface area contributed by atoms with Crippen LogP contribution in [0.4, 0.5) is 14.5 Å². The Morgan fingerprint density at radius 1 is 1.47 bits per heavy atom. The predicted molar refractivity (Wildman–Crippen MR) is 69.1 cm³/mol. The van der Waals surface area contributed by atoms with E-state index >= 15 is 0 Å². The van der Waals surface area contributed by atoms with Gasteiger partial charge in [-0.3, -0.25) is 4.79 Å². The maximum Gasteiger partial charge on any atom is 0.261 e. The maximum absolute atomic E-state index is 11.8. The molecule has 4 nitrogen and oxygen atoms in total. The van der Waals surface area contributed by atoms with E-state index < -0.39 is 13.0 Å². The molecular formula is C13H18F2N2O2. The monoisotopic (exact) mass is 272 g/mol. The van der Waals surface area contributed by atoms with Gasteiger partial charge in [0, 0.05) is 11.7 Å². The standard InChI is InChI=1S/C13H18F2N2O2/c1-9(16)10-3-2-4-11(7-10)17-13(18)5-6-19-8-12(14)15/h2-4,7,9,12H,5-6,8,16H2,1H3,(H,17,18). The number of nitrogens with one attached hydrogen (secondary N) is 1. The van der Waals surface area contributed by atoms with Gasteiger partial charge in [-0.15, -0.1) is 0 Å². The largest absolute Gasteiger partial charge is 0.375 e. The molecule has 1 aromatic carbocycles. The Bertz CT molecular complexity index is 411. The minimum absolute atomic E-state index is 0.0246. The molecule has 1 aromatic rings. The number of alkyl halides is 2. The Balaban J connectivity index is 2.37. The number of rotatable bonds is 7. The average molecular weight is 272 g/mol. The summed E-state index contributed by atoms with van der Waals surface area (Å²) in [5.74, 6) is -0.281. The normalized spacial score (nSPS) is 12.5. The molecule has 0 spiro atoms. The third kappa shape index (κ3) is 6.26. The number of nitrogens with two attached hydrogens (primary N) is 1. The summed E-state index contributed by atoms with van der Waals surface area (Å²) in [6.07, 6.45) is -2.47. The van der Waals surface area contributed by atoms with Crippen molar-refractivity contribution in [3.05, 3.63) is 29.8 Å². The molecule has 1 atom stereocenters. The Morgan fingerprint density at radius 2 is 2.21 bits per heavy atom. The zero-order valence-corrected chi connectivity index (χ0v) is 10.7. The van der Waals surface area contributed by atoms with E-state index in [1.165, 1.54) is 0 Å². The highest BCUT2D eigenvalue weighted by atomic mass is 19.3. The van der Waals surface area contributed by atoms with Crippen molar-refractivity contribution in [1.29, 1.82) is 0 Å². The van der Waals surface area contributed by atoms with Crippen molar-refractivity contribution in [1.82, 2.24) is 0 Å². The molecule has 0 heterocycles. The molecule has 1 rings (SSSR count). The second kappa shape index (κ2) is 7.81. The topological polar surface area (TPSA) is 64.3 Å². The Hall–Kier alpha value is -1.53. The third-order valence-electron chi connectivity index (χ3n) is 2.41. The molecule has 0 bridgehead atoms. The first-order chi connectivity index (χ1) is 8.99. The summed E-state index contributed by atoms with van der Waals surface area (Å²) in [5.41, 5.74) is 7.28. The highest BCUT2D eigenvalue weighted by molar-refractivity contribution is 5.90. The van der Waals surface area contributed by atoms with E-state index in [0.717, 1.165) is 5.56 Å². The van der Waals surface area contributed by atoms with Gasteiger partial charge in [0.25, 0.3) is 6.43 Å². The van der Waals surface area contributed by atoms with Crippen LogP contribution in [0, 0.1) is 0 Å². The molecule has 0 aliphatic carbocycles. The summed E-state index contributed by atoms with van der Waals surface area (Å²) in [5, 5.41) is 2.66. The van der Waals surface area contributed by atoms with Crippen molar-refractivity contribution in [3.8, 4) is 0 Å². The SMILES string of the molecule is CC(N)c1cccc(NC(=O)CCOCC(F)F)c1. The molecular weight excluding hydrogens is 254 g/mol. The number of benzene rings is 1. The smallest absolute Gasteiger partial charge is 0.261 e. The fourth-order valence-corrected chi connectivity index (χ4v) is 1.46. The Labute approximate surface area is 110 Å². The van der Waals surface area contributed by atoms with Crippen LogP contribution in [0.25, 0.3) is 0 Å². The minimum atomic E-state index is -2.51. The van der Waals surface area contributed by atoms with E-state index in [0.29, 0.717) is 5.69 Å². The molecule has 106 valence electrons. The van der Waals surface area contributed by atoms with Crippen molar-refractivity contribution >= 4 is 11.6 Å². The van der Waals surface area contributed by atoms with Gasteiger partial charge >= 0.3 is 0 Å². The molecule has 0 aliphatic rings. The molecule has 0 saturated heterocycles. The molecule has 0 saturated carbocycles. The summed E-state index contributed by atoms with van der Waals surface area (Å²) in [4.78, 5) is 11.5. The number of carbonyl (C=O) groups is 1. The van der Waals surface area contributed by atoms with E-state index in [9.17, 15) is 13.6 Å². The van der Waals surface area contributed by atoms with Gasteiger partial charge in [-0.25, -0.2) is 8.78 Å². The molecule has 0 radical (unpaired) electrons. The lowest BCUT2D eigenvalue weighted by Gasteiger charge is -2.09. The van der Waals surface area contributed by atoms with Crippen molar-refractivity contribution in [3.63, 3.8) is 0 Å². The quantitative estimate of drug-likeness (QED) is 0.749. The molecule has 6 heteroatoms. The zero-order valence-electron chi connectivity index (χ0n) is 10.7. The third-order valence-corrected chi connectivity index (χ3v) is 2.41. The van der Waals surface area contributed by atoms with Crippen molar-refractivity contribution in [2.24, 2.45) is 5.73 Å². The van der Waals surface area contributed by atoms with Gasteiger partial charge in [0.05, 0.1) is 13.0 Å². The number of halogens is 2. The molecule has 0 fully saturated rings. The minimum Gasteiger partial charge on any atom is -0.375 e. The van der Waals surface area contributed by atoms with Crippen molar-refractivity contribution < 1.29 is 18.3 Å². The van der Waals surface area contributed by atoms with Crippen molar-refractivity contribution in [2.75, 3.05) is 18.5 Å². The van der Waals surface area contributed by atoms with Crippen LogP contribution < -0.4 is 11.1 Å². The molecule has 0 aromatic heterocycles. The van der Waals surface area contributed by atoms with E-state index in [-0.39, 0.29) is 25.0 Å². The van der Waals surface area contributed by atoms with Crippen LogP contribution in [0.2, 0.25) is 0 Å². The molecule has 19 heavy (non-hydrogen) atoms. The Morgan fingerprint density at radius 3 is 2.84 bits per heavy atom. The predicted octanol–water partition coefficient (Wildman–Crippen LogP) is 2.32. The average Bonchev–Trinajstić information content (AvgIpc) is 2.34. The highest BCUT2D eigenvalue weighted by Crippen LogP contribution is 2.15. The zero-order chi connectivity index (χ0) is 14.3. The van der Waals surface area contributed by atoms with Gasteiger partial charge in [-0.1, -0.05) is 12.1 Å². The summed E-state index contributed by atoms with van der Waals surface area (Å²) < 4.78 is 28.2. The second-order valence-electron chi connectivity index (χ2n) is 4.18. The van der Waals surface area contributed by atoms with E-state index in [1.54, 1.807) is 18.2 Å². The van der Waals surface area contributed by atoms with Crippen LogP contribution >= 0.6 is 0 Å². The lowest BCUT2D eigenvalue weighted by Crippen LogP contribution is -2.16. The van der Waals surface area contributed by atoms with Gasteiger partial charge in [0.1, 0.15) is 6.61 Å². The maximum atomic E-state index is 11.8. The number of carbonyl (C=O) groups excluding carboxylic acids is 1. The number of amides is 1. The van der Waals surface area contributed by atoms with E-state index in [2.05, 4.69) is 10.1 Å². The van der Waals surface area contributed by atoms with Crippen LogP contribution in [0.5, 0.6) is 0 Å². The summed E-state index contributed by atoms with van der Waals surface area (Å²) in [6, 6.07) is 7.06. The second-order valence-corrected chi connectivity index (χ2v) is 4.18. The molecule has 1 amide bonds. The first-order valence-electron chi connectivity index (χ1n) is 6.00. The van der Waals surface area contributed by atoms with Gasteiger partial charge < -0.3 is 15.8 Å². The number of anilines is 1. The first-order valence-corrected chi connectivity index (χ1v) is 6.00. The fraction of sp³-hybridized carbons (Fsp3) is 0.462. The van der Waals surface area contributed by atoms with Gasteiger partial charge in [-0.05, 0) is 24.6 Å². The highest BCUT2D eigenvalue weighted by Gasteiger charge is 2.06. The summed E-state index contributed by atoms with van der Waals surface area (Å²) in [6.45, 7) is 1.18. The number of hydrogen-bond acceptors (Lipinski definition) is 3. The summed E-state index contributed by atoms with van der Waals surface area (Å²) in [7, 11) is 0. The van der Waals surface area contributed by atoms with Crippen LogP contribution in [0.1, 0.15) is 24.9 Å². The Kier molecular flexibility index (Phi) is 6.38. The van der Waals surface area contributed by atoms with E-state index in [4.69, 9.17) is 5.73 Å². The van der Waals surface area contributed by atoms with Gasteiger partial charge in [0.15, 0.2) is 0 Å². The van der Waals surface area contributed by atoms with Crippen LogP contribution in [-0.4, -0.2) is 25.5 Å². The fourth-order valence-electron chi connectivity index (χ4n) is 1.46. The van der Waals surface area contributed by atoms with Gasteiger partial charge in [-0.2, -0.15) is 0 Å². The van der Waals surface area contributed by atoms with Crippen LogP contribution in [-0.2, 0) is 9.53 Å². The molecule has 0 aliphatic heterocycles. The lowest BCUT2D eigenvalue weighted by atomic mass is 10.1. The van der Waals surface area contributed by atoms with Gasteiger partial charge in [0.2, 0.25) is 5.91 Å². The number of hydrogen-bond donors (Lipinski definition) is 2. The molecule has 1 unspecified atom stereocenters. The summed E-state index contributed by atoms with van der Waals surface area (Å²) >= 11 is 0. The first kappa shape index (κ1) is 15.5. The van der Waals surface area contributed by atoms with Crippen molar-refractivity contribution in [2.45, 2.75) is 25.8 Å². The van der Waals surface area contributed by atoms with E-state index in [1.807, 2.05) is 13.0 Å². The van der Waals surface area contributed by atoms with Crippen LogP contribution in [0.3, 0.4) is 0 Å². The lowest BCUT2D eigenvalue weighted by molar-refractivity contribution is -0.117. The number of ether oxygens (including phenoxy) is 1.